The summed E-state index contributed by atoms with van der Waals surface area (Å²) in [5.74, 6) is 0. The maximum Gasteiger partial charge on any atom is 0.0595 e. The topological polar surface area (TPSA) is 41.3 Å². The third-order valence-corrected chi connectivity index (χ3v) is 3.75. The van der Waals surface area contributed by atoms with Gasteiger partial charge in [0.2, 0.25) is 0 Å². The molecule has 20 heavy (non-hydrogen) atoms. The summed E-state index contributed by atoms with van der Waals surface area (Å²) in [6.07, 6.45) is 3.69. The van der Waals surface area contributed by atoms with Crippen LogP contribution in [0, 0.1) is 0 Å². The second kappa shape index (κ2) is 7.64. The molecule has 6 heteroatoms. The van der Waals surface area contributed by atoms with E-state index in [-0.39, 0.29) is 6.61 Å². The van der Waals surface area contributed by atoms with Gasteiger partial charge in [0.05, 0.1) is 23.2 Å². The summed E-state index contributed by atoms with van der Waals surface area (Å²) in [4.78, 5) is 2.15. The fourth-order valence-electron chi connectivity index (χ4n) is 1.98. The highest BCUT2D eigenvalue weighted by Gasteiger charge is 2.07. The van der Waals surface area contributed by atoms with Gasteiger partial charge in [-0.3, -0.25) is 9.58 Å². The van der Waals surface area contributed by atoms with Crippen molar-refractivity contribution in [3.05, 3.63) is 52.3 Å². The van der Waals surface area contributed by atoms with Gasteiger partial charge in [0.15, 0.2) is 0 Å². The lowest BCUT2D eigenvalue weighted by Crippen LogP contribution is -2.30. The number of benzene rings is 1. The largest absolute Gasteiger partial charge is 0.395 e. The number of aromatic nitrogens is 2. The quantitative estimate of drug-likeness (QED) is 0.854. The summed E-state index contributed by atoms with van der Waals surface area (Å²) < 4.78 is 1.87. The SMILES string of the molecule is OCCN(CCn1cccn1)Cc1ccc(Cl)c(Cl)c1. The molecule has 2 rings (SSSR count). The van der Waals surface area contributed by atoms with Crippen LogP contribution in [0.3, 0.4) is 0 Å². The van der Waals surface area contributed by atoms with E-state index >= 15 is 0 Å². The molecule has 0 fully saturated rings. The maximum absolute atomic E-state index is 9.16. The molecule has 0 unspecified atom stereocenters. The normalized spacial score (nSPS) is 11.2. The van der Waals surface area contributed by atoms with Gasteiger partial charge < -0.3 is 5.11 Å². The molecule has 0 radical (unpaired) electrons. The lowest BCUT2D eigenvalue weighted by atomic mass is 10.2. The van der Waals surface area contributed by atoms with E-state index in [0.717, 1.165) is 25.2 Å². The molecule has 0 saturated carbocycles. The predicted molar refractivity (Wildman–Crippen MR) is 81.1 cm³/mol. The summed E-state index contributed by atoms with van der Waals surface area (Å²) in [7, 11) is 0. The molecule has 108 valence electrons. The zero-order valence-electron chi connectivity index (χ0n) is 11.0. The van der Waals surface area contributed by atoms with Crippen LogP contribution in [0.1, 0.15) is 5.56 Å². The third kappa shape index (κ3) is 4.49. The number of hydrogen-bond acceptors (Lipinski definition) is 3. The molecule has 2 aromatic rings. The fraction of sp³-hybridized carbons (Fsp3) is 0.357. The summed E-state index contributed by atoms with van der Waals surface area (Å²) in [5, 5.41) is 14.4. The van der Waals surface area contributed by atoms with Crippen LogP contribution in [0.5, 0.6) is 0 Å². The molecule has 0 aliphatic carbocycles. The van der Waals surface area contributed by atoms with Crippen LogP contribution in [-0.2, 0) is 13.1 Å². The number of hydrogen-bond donors (Lipinski definition) is 1. The van der Waals surface area contributed by atoms with E-state index in [1.807, 2.05) is 29.1 Å². The Balaban J connectivity index is 1.95. The van der Waals surface area contributed by atoms with Crippen molar-refractivity contribution in [2.45, 2.75) is 13.1 Å². The van der Waals surface area contributed by atoms with E-state index in [2.05, 4.69) is 10.00 Å². The van der Waals surface area contributed by atoms with Gasteiger partial charge in [-0.1, -0.05) is 29.3 Å². The van der Waals surface area contributed by atoms with Crippen LogP contribution < -0.4 is 0 Å². The first-order valence-electron chi connectivity index (χ1n) is 6.43. The predicted octanol–water partition coefficient (Wildman–Crippen LogP) is 2.68. The molecule has 0 bridgehead atoms. The standard InChI is InChI=1S/C14H17Cl2N3O/c15-13-3-2-12(10-14(13)16)11-18(8-9-20)6-7-19-5-1-4-17-19/h1-5,10,20H,6-9,11H2. The van der Waals surface area contributed by atoms with Crippen molar-refractivity contribution >= 4 is 23.2 Å². The minimum atomic E-state index is 0.125. The monoisotopic (exact) mass is 313 g/mol. The highest BCUT2D eigenvalue weighted by molar-refractivity contribution is 6.42. The number of halogens is 2. The van der Waals surface area contributed by atoms with E-state index in [9.17, 15) is 0 Å². The number of nitrogens with zero attached hydrogens (tertiary/aromatic N) is 3. The Bertz CT molecular complexity index is 531. The van der Waals surface area contributed by atoms with Crippen molar-refractivity contribution in [3.63, 3.8) is 0 Å². The van der Waals surface area contributed by atoms with Crippen molar-refractivity contribution in [2.75, 3.05) is 19.7 Å². The van der Waals surface area contributed by atoms with Gasteiger partial charge in [0.25, 0.3) is 0 Å². The minimum Gasteiger partial charge on any atom is -0.395 e. The van der Waals surface area contributed by atoms with Gasteiger partial charge in [-0.05, 0) is 23.8 Å². The Labute approximate surface area is 128 Å². The van der Waals surface area contributed by atoms with Crippen molar-refractivity contribution in [3.8, 4) is 0 Å². The van der Waals surface area contributed by atoms with E-state index in [1.165, 1.54) is 0 Å². The average molecular weight is 314 g/mol. The summed E-state index contributed by atoms with van der Waals surface area (Å²) in [6, 6.07) is 7.51. The molecule has 0 amide bonds. The van der Waals surface area contributed by atoms with Crippen molar-refractivity contribution in [1.29, 1.82) is 0 Å². The molecule has 1 N–H and O–H groups in total. The fourth-order valence-corrected chi connectivity index (χ4v) is 2.30. The van der Waals surface area contributed by atoms with Gasteiger partial charge in [0.1, 0.15) is 0 Å². The van der Waals surface area contributed by atoms with Gasteiger partial charge >= 0.3 is 0 Å². The molecule has 1 aromatic heterocycles. The molecular weight excluding hydrogens is 297 g/mol. The average Bonchev–Trinajstić information content (AvgIpc) is 2.94. The van der Waals surface area contributed by atoms with Crippen molar-refractivity contribution in [2.24, 2.45) is 0 Å². The zero-order chi connectivity index (χ0) is 14.4. The van der Waals surface area contributed by atoms with Gasteiger partial charge in [0, 0.05) is 32.0 Å². The smallest absolute Gasteiger partial charge is 0.0595 e. The van der Waals surface area contributed by atoms with Crippen LogP contribution in [-0.4, -0.2) is 39.5 Å². The van der Waals surface area contributed by atoms with E-state index in [0.29, 0.717) is 16.6 Å². The van der Waals surface area contributed by atoms with Gasteiger partial charge in [-0.25, -0.2) is 0 Å². The Kier molecular flexibility index (Phi) is 5.86. The minimum absolute atomic E-state index is 0.125. The molecule has 4 nitrogen and oxygen atoms in total. The summed E-state index contributed by atoms with van der Waals surface area (Å²) >= 11 is 11.9. The third-order valence-electron chi connectivity index (χ3n) is 3.01. The first-order valence-corrected chi connectivity index (χ1v) is 7.19. The number of rotatable bonds is 7. The Morgan fingerprint density at radius 1 is 1.20 bits per heavy atom. The molecule has 1 aromatic carbocycles. The van der Waals surface area contributed by atoms with Crippen molar-refractivity contribution < 1.29 is 5.11 Å². The highest BCUT2D eigenvalue weighted by Crippen LogP contribution is 2.23. The first-order chi connectivity index (χ1) is 9.69. The van der Waals surface area contributed by atoms with Gasteiger partial charge in [-0.15, -0.1) is 0 Å². The summed E-state index contributed by atoms with van der Waals surface area (Å²) in [5.41, 5.74) is 1.08. The highest BCUT2D eigenvalue weighted by atomic mass is 35.5. The lowest BCUT2D eigenvalue weighted by molar-refractivity contribution is 0.183. The second-order valence-electron chi connectivity index (χ2n) is 4.52. The Morgan fingerprint density at radius 3 is 2.70 bits per heavy atom. The van der Waals surface area contributed by atoms with Crippen LogP contribution in [0.2, 0.25) is 10.0 Å². The molecule has 0 aliphatic heterocycles. The lowest BCUT2D eigenvalue weighted by Gasteiger charge is -2.21. The maximum atomic E-state index is 9.16. The van der Waals surface area contributed by atoms with E-state index < -0.39 is 0 Å². The Morgan fingerprint density at radius 2 is 2.05 bits per heavy atom. The zero-order valence-corrected chi connectivity index (χ0v) is 12.6. The number of aliphatic hydroxyl groups is 1. The van der Waals surface area contributed by atoms with Crippen molar-refractivity contribution in [1.82, 2.24) is 14.7 Å². The van der Waals surface area contributed by atoms with Crippen LogP contribution in [0.25, 0.3) is 0 Å². The van der Waals surface area contributed by atoms with E-state index in [1.54, 1.807) is 12.3 Å². The second-order valence-corrected chi connectivity index (χ2v) is 5.33. The Hall–Kier alpha value is -1.07. The molecule has 0 aliphatic rings. The molecule has 0 atom stereocenters. The van der Waals surface area contributed by atoms with Gasteiger partial charge in [-0.2, -0.15) is 5.10 Å². The molecule has 0 spiro atoms. The van der Waals surface area contributed by atoms with Crippen LogP contribution in [0.15, 0.2) is 36.7 Å². The summed E-state index contributed by atoms with van der Waals surface area (Å²) in [6.45, 7) is 3.05. The number of aliphatic hydroxyl groups excluding tert-OH is 1. The van der Waals surface area contributed by atoms with E-state index in [4.69, 9.17) is 28.3 Å². The first kappa shape index (κ1) is 15.3. The molecule has 1 heterocycles. The van der Waals surface area contributed by atoms with Crippen LogP contribution >= 0.6 is 23.2 Å². The van der Waals surface area contributed by atoms with Crippen LogP contribution in [0.4, 0.5) is 0 Å². The molecule has 0 saturated heterocycles. The molecular formula is C14H17Cl2N3O.